The second kappa shape index (κ2) is 7.53. The molecule has 0 aliphatic heterocycles. The van der Waals surface area contributed by atoms with E-state index >= 15 is 0 Å². The van der Waals surface area contributed by atoms with Gasteiger partial charge in [-0.2, -0.15) is 0 Å². The Morgan fingerprint density at radius 2 is 1.89 bits per heavy atom. The number of nitrogens with zero attached hydrogens (tertiary/aromatic N) is 2. The molecule has 2 N–H and O–H groups in total. The Labute approximate surface area is 159 Å². The summed E-state index contributed by atoms with van der Waals surface area (Å²) in [6, 6.07) is 18.0. The fourth-order valence-electron chi connectivity index (χ4n) is 3.97. The molecule has 0 unspecified atom stereocenters. The maximum atomic E-state index is 12.7. The predicted molar refractivity (Wildman–Crippen MR) is 105 cm³/mol. The van der Waals surface area contributed by atoms with Gasteiger partial charge in [-0.1, -0.05) is 42.5 Å². The first-order chi connectivity index (χ1) is 13.1. The average molecular weight is 363 g/mol. The lowest BCUT2D eigenvalue weighted by atomic mass is 9.75. The highest BCUT2D eigenvalue weighted by atomic mass is 16.3. The Morgan fingerprint density at radius 3 is 2.63 bits per heavy atom. The third-order valence-electron chi connectivity index (χ3n) is 5.50. The highest BCUT2D eigenvalue weighted by molar-refractivity contribution is 5.78. The van der Waals surface area contributed by atoms with Gasteiger partial charge in [-0.25, -0.2) is 4.98 Å². The quantitative estimate of drug-likeness (QED) is 0.706. The number of para-hydroxylation sites is 2. The zero-order chi connectivity index (χ0) is 18.8. The van der Waals surface area contributed by atoms with Crippen molar-refractivity contribution in [3.05, 3.63) is 66.0 Å². The van der Waals surface area contributed by atoms with Gasteiger partial charge in [-0.3, -0.25) is 4.79 Å². The van der Waals surface area contributed by atoms with Gasteiger partial charge < -0.3 is 15.0 Å². The molecule has 0 spiro atoms. The van der Waals surface area contributed by atoms with Gasteiger partial charge in [0.05, 0.1) is 23.2 Å². The van der Waals surface area contributed by atoms with E-state index < -0.39 is 0 Å². The average Bonchev–Trinajstić information content (AvgIpc) is 2.98. The van der Waals surface area contributed by atoms with Crippen molar-refractivity contribution in [3.63, 3.8) is 0 Å². The first-order valence-corrected chi connectivity index (χ1v) is 9.56. The van der Waals surface area contributed by atoms with Crippen molar-refractivity contribution in [2.24, 2.45) is 5.92 Å². The molecule has 3 aromatic rings. The molecule has 4 rings (SSSR count). The number of carbonyl (C=O) groups is 1. The van der Waals surface area contributed by atoms with Crippen LogP contribution < -0.4 is 5.32 Å². The van der Waals surface area contributed by atoms with Crippen molar-refractivity contribution in [1.82, 2.24) is 14.9 Å². The van der Waals surface area contributed by atoms with Gasteiger partial charge in [-0.15, -0.1) is 0 Å². The molecule has 0 radical (unpaired) electrons. The lowest BCUT2D eigenvalue weighted by Crippen LogP contribution is -2.41. The molecule has 140 valence electrons. The lowest BCUT2D eigenvalue weighted by molar-refractivity contribution is -0.123. The molecular formula is C22H25N3O2. The van der Waals surface area contributed by atoms with Crippen molar-refractivity contribution >= 4 is 16.9 Å². The molecule has 5 nitrogen and oxygen atoms in total. The van der Waals surface area contributed by atoms with E-state index in [4.69, 9.17) is 0 Å². The van der Waals surface area contributed by atoms with Gasteiger partial charge in [-0.05, 0) is 43.4 Å². The molecule has 1 saturated carbocycles. The molecule has 1 amide bonds. The van der Waals surface area contributed by atoms with E-state index in [1.165, 1.54) is 0 Å². The van der Waals surface area contributed by atoms with Crippen LogP contribution in [0.2, 0.25) is 0 Å². The van der Waals surface area contributed by atoms with E-state index in [1.807, 2.05) is 61.5 Å². The topological polar surface area (TPSA) is 67.2 Å². The van der Waals surface area contributed by atoms with Crippen LogP contribution in [0, 0.1) is 12.8 Å². The van der Waals surface area contributed by atoms with Crippen LogP contribution in [0.1, 0.15) is 36.7 Å². The molecule has 1 aliphatic rings. The Morgan fingerprint density at radius 1 is 1.19 bits per heavy atom. The number of aryl methyl sites for hydroxylation is 2. The van der Waals surface area contributed by atoms with Crippen molar-refractivity contribution in [2.45, 2.75) is 44.9 Å². The van der Waals surface area contributed by atoms with Crippen molar-refractivity contribution in [3.8, 4) is 0 Å². The highest BCUT2D eigenvalue weighted by Gasteiger charge is 2.35. The smallest absolute Gasteiger partial charge is 0.222 e. The number of hydrogen-bond acceptors (Lipinski definition) is 3. The van der Waals surface area contributed by atoms with E-state index in [0.29, 0.717) is 18.9 Å². The summed E-state index contributed by atoms with van der Waals surface area (Å²) < 4.78 is 2.10. The van der Waals surface area contributed by atoms with Crippen molar-refractivity contribution in [1.29, 1.82) is 0 Å². The monoisotopic (exact) mass is 363 g/mol. The summed E-state index contributed by atoms with van der Waals surface area (Å²) in [5.74, 6) is 1.25. The number of hydrogen-bond donors (Lipinski definition) is 2. The molecule has 5 heteroatoms. The van der Waals surface area contributed by atoms with Crippen molar-refractivity contribution in [2.75, 3.05) is 0 Å². The summed E-state index contributed by atoms with van der Waals surface area (Å²) in [4.78, 5) is 17.3. The summed E-state index contributed by atoms with van der Waals surface area (Å²) in [6.45, 7) is 2.58. The summed E-state index contributed by atoms with van der Waals surface area (Å²) >= 11 is 0. The van der Waals surface area contributed by atoms with Crippen LogP contribution in [-0.2, 0) is 11.3 Å². The van der Waals surface area contributed by atoms with Crippen LogP contribution >= 0.6 is 0 Å². The van der Waals surface area contributed by atoms with E-state index in [-0.39, 0.29) is 18.1 Å². The van der Waals surface area contributed by atoms with Gasteiger partial charge >= 0.3 is 0 Å². The number of aliphatic hydroxyl groups excluding tert-OH is 1. The molecule has 1 aliphatic carbocycles. The molecule has 0 saturated heterocycles. The molecule has 1 fully saturated rings. The van der Waals surface area contributed by atoms with Gasteiger partial charge in [0.25, 0.3) is 0 Å². The number of aromatic nitrogens is 2. The Bertz CT molecular complexity index is 929. The molecule has 1 heterocycles. The Kier molecular flexibility index (Phi) is 4.94. The number of benzene rings is 2. The summed E-state index contributed by atoms with van der Waals surface area (Å²) in [6.07, 6.45) is 1.65. The number of aliphatic hydroxyl groups is 1. The normalized spacial score (nSPS) is 20.2. The van der Waals surface area contributed by atoms with Crippen LogP contribution in [0.3, 0.4) is 0 Å². The first kappa shape index (κ1) is 17.7. The van der Waals surface area contributed by atoms with Gasteiger partial charge in [0.1, 0.15) is 5.82 Å². The fraction of sp³-hybridized carbons (Fsp3) is 0.364. The standard InChI is InChI=1S/C22H25N3O2/c1-15-23-19-9-5-6-10-20(19)25(15)12-11-21(27)24-22(17-13-18(26)14-17)16-7-3-2-4-8-16/h2-10,17-18,22,26H,11-14H2,1H3,(H,24,27)/t17?,18?,22-/m1/s1. The summed E-state index contributed by atoms with van der Waals surface area (Å²) in [7, 11) is 0. The second-order valence-corrected chi connectivity index (χ2v) is 7.39. The zero-order valence-corrected chi connectivity index (χ0v) is 15.5. The highest BCUT2D eigenvalue weighted by Crippen LogP contribution is 2.38. The Balaban J connectivity index is 1.44. The molecule has 1 atom stereocenters. The molecule has 27 heavy (non-hydrogen) atoms. The van der Waals surface area contributed by atoms with Gasteiger partial charge in [0.15, 0.2) is 0 Å². The van der Waals surface area contributed by atoms with Crippen LogP contribution in [0.4, 0.5) is 0 Å². The lowest BCUT2D eigenvalue weighted by Gasteiger charge is -2.38. The summed E-state index contributed by atoms with van der Waals surface area (Å²) in [5, 5.41) is 12.9. The van der Waals surface area contributed by atoms with Crippen molar-refractivity contribution < 1.29 is 9.90 Å². The minimum atomic E-state index is -0.238. The van der Waals surface area contributed by atoms with Crippen LogP contribution in [0.25, 0.3) is 11.0 Å². The second-order valence-electron chi connectivity index (χ2n) is 7.39. The maximum Gasteiger partial charge on any atom is 0.222 e. The number of fused-ring (bicyclic) bond motifs is 1. The first-order valence-electron chi connectivity index (χ1n) is 9.56. The predicted octanol–water partition coefficient (Wildman–Crippen LogP) is 3.36. The number of amides is 1. The minimum Gasteiger partial charge on any atom is -0.393 e. The van der Waals surface area contributed by atoms with Crippen LogP contribution in [0.5, 0.6) is 0 Å². The van der Waals surface area contributed by atoms with E-state index in [1.54, 1.807) is 0 Å². The molecule has 1 aromatic heterocycles. The fourth-order valence-corrected chi connectivity index (χ4v) is 3.97. The summed E-state index contributed by atoms with van der Waals surface area (Å²) in [5.41, 5.74) is 3.12. The molecular weight excluding hydrogens is 338 g/mol. The third kappa shape index (κ3) is 3.74. The molecule has 2 aromatic carbocycles. The van der Waals surface area contributed by atoms with Crippen LogP contribution in [0.15, 0.2) is 54.6 Å². The maximum absolute atomic E-state index is 12.7. The zero-order valence-electron chi connectivity index (χ0n) is 15.5. The number of imidazole rings is 1. The van der Waals surface area contributed by atoms with E-state index in [2.05, 4.69) is 14.9 Å². The Hall–Kier alpha value is -2.66. The number of nitrogens with one attached hydrogen (secondary N) is 1. The van der Waals surface area contributed by atoms with Crippen LogP contribution in [-0.4, -0.2) is 26.7 Å². The largest absolute Gasteiger partial charge is 0.393 e. The minimum absolute atomic E-state index is 0.0300. The van der Waals surface area contributed by atoms with Gasteiger partial charge in [0.2, 0.25) is 5.91 Å². The molecule has 0 bridgehead atoms. The number of carbonyl (C=O) groups excluding carboxylic acids is 1. The SMILES string of the molecule is Cc1nc2ccccc2n1CCC(=O)N[C@H](c1ccccc1)C1CC(O)C1. The number of rotatable bonds is 6. The van der Waals surface area contributed by atoms with E-state index in [9.17, 15) is 9.90 Å². The van der Waals surface area contributed by atoms with Gasteiger partial charge in [0, 0.05) is 13.0 Å². The van der Waals surface area contributed by atoms with E-state index in [0.717, 1.165) is 35.3 Å². The third-order valence-corrected chi connectivity index (χ3v) is 5.50.